The maximum absolute atomic E-state index is 12.4. The lowest BCUT2D eigenvalue weighted by Gasteiger charge is -2.28. The molecule has 0 spiro atoms. The Labute approximate surface area is 130 Å². The molecule has 1 heterocycles. The number of aliphatic hydroxyl groups excluding tert-OH is 1. The summed E-state index contributed by atoms with van der Waals surface area (Å²) in [5, 5.41) is 9.62. The highest BCUT2D eigenvalue weighted by Crippen LogP contribution is 2.29. The van der Waals surface area contributed by atoms with Crippen LogP contribution in [0.5, 0.6) is 0 Å². The van der Waals surface area contributed by atoms with Crippen LogP contribution in [-0.2, 0) is 15.6 Å². The molecule has 0 saturated carbocycles. The predicted molar refractivity (Wildman–Crippen MR) is 83.2 cm³/mol. The van der Waals surface area contributed by atoms with E-state index < -0.39 is 15.6 Å². The van der Waals surface area contributed by atoms with Crippen LogP contribution in [0.4, 0.5) is 0 Å². The predicted octanol–water partition coefficient (Wildman–Crippen LogP) is 2.70. The molecular weight excluding hydrogens is 362 g/mol. The summed E-state index contributed by atoms with van der Waals surface area (Å²) in [5.74, 6) is 0. The molecule has 2 aromatic rings. The van der Waals surface area contributed by atoms with E-state index in [1.807, 2.05) is 6.07 Å². The zero-order chi connectivity index (χ0) is 14.8. The van der Waals surface area contributed by atoms with Crippen LogP contribution < -0.4 is 4.72 Å². The first-order chi connectivity index (χ1) is 9.37. The van der Waals surface area contributed by atoms with E-state index in [2.05, 4.69) is 20.7 Å². The molecule has 0 aliphatic heterocycles. The van der Waals surface area contributed by atoms with Gasteiger partial charge in [0.2, 0.25) is 0 Å². The van der Waals surface area contributed by atoms with Crippen molar-refractivity contribution < 1.29 is 13.5 Å². The van der Waals surface area contributed by atoms with Gasteiger partial charge in [0.15, 0.2) is 0 Å². The van der Waals surface area contributed by atoms with E-state index in [1.165, 1.54) is 6.07 Å². The number of thiophene rings is 1. The summed E-state index contributed by atoms with van der Waals surface area (Å²) in [6, 6.07) is 12.2. The highest BCUT2D eigenvalue weighted by Gasteiger charge is 2.32. The molecule has 0 aliphatic carbocycles. The summed E-state index contributed by atoms with van der Waals surface area (Å²) >= 11 is 4.37. The van der Waals surface area contributed by atoms with Crippen LogP contribution in [0.2, 0.25) is 0 Å². The van der Waals surface area contributed by atoms with E-state index in [0.717, 1.165) is 15.1 Å². The molecule has 0 saturated heterocycles. The number of halogens is 1. The van der Waals surface area contributed by atoms with Crippen LogP contribution in [0.3, 0.4) is 0 Å². The van der Waals surface area contributed by atoms with Crippen molar-refractivity contribution in [1.29, 1.82) is 0 Å². The molecule has 0 aliphatic rings. The minimum atomic E-state index is -3.68. The van der Waals surface area contributed by atoms with Gasteiger partial charge in [-0.05, 0) is 40.5 Å². The smallest absolute Gasteiger partial charge is 0.250 e. The van der Waals surface area contributed by atoms with Crippen molar-refractivity contribution in [2.45, 2.75) is 16.7 Å². The van der Waals surface area contributed by atoms with Gasteiger partial charge in [-0.1, -0.05) is 30.3 Å². The van der Waals surface area contributed by atoms with Crippen molar-refractivity contribution in [3.63, 3.8) is 0 Å². The molecule has 1 aromatic heterocycles. The fourth-order valence-electron chi connectivity index (χ4n) is 1.78. The zero-order valence-corrected chi connectivity index (χ0v) is 13.9. The van der Waals surface area contributed by atoms with Crippen molar-refractivity contribution in [2.75, 3.05) is 6.61 Å². The average Bonchev–Trinajstić information content (AvgIpc) is 2.87. The van der Waals surface area contributed by atoms with E-state index in [4.69, 9.17) is 0 Å². The Morgan fingerprint density at radius 2 is 1.90 bits per heavy atom. The van der Waals surface area contributed by atoms with Crippen LogP contribution in [0.25, 0.3) is 0 Å². The second-order valence-corrected chi connectivity index (χ2v) is 8.89. The lowest BCUT2D eigenvalue weighted by Crippen LogP contribution is -2.45. The number of nitrogens with one attached hydrogen (secondary N) is 1. The lowest BCUT2D eigenvalue weighted by molar-refractivity contribution is 0.196. The minimum absolute atomic E-state index is 0.208. The number of sulfonamides is 1. The first-order valence-corrected chi connectivity index (χ1v) is 8.92. The van der Waals surface area contributed by atoms with Crippen LogP contribution in [0, 0.1) is 0 Å². The van der Waals surface area contributed by atoms with Gasteiger partial charge in [0.05, 0.1) is 15.9 Å². The quantitative estimate of drug-likeness (QED) is 0.843. The van der Waals surface area contributed by atoms with Crippen molar-refractivity contribution >= 4 is 37.3 Å². The summed E-state index contributed by atoms with van der Waals surface area (Å²) in [4.78, 5) is 0. The molecule has 1 aromatic carbocycles. The Hall–Kier alpha value is -0.730. The molecule has 4 nitrogen and oxygen atoms in total. The summed E-state index contributed by atoms with van der Waals surface area (Å²) < 4.78 is 28.2. The van der Waals surface area contributed by atoms with E-state index in [1.54, 1.807) is 37.3 Å². The summed E-state index contributed by atoms with van der Waals surface area (Å²) in [6.07, 6.45) is 0. The largest absolute Gasteiger partial charge is 0.394 e. The van der Waals surface area contributed by atoms with Crippen LogP contribution >= 0.6 is 27.3 Å². The Morgan fingerprint density at radius 3 is 2.40 bits per heavy atom. The normalized spacial score (nSPS) is 14.9. The number of rotatable bonds is 5. The molecule has 1 unspecified atom stereocenters. The number of hydrogen-bond donors (Lipinski definition) is 2. The van der Waals surface area contributed by atoms with Crippen LogP contribution in [0.1, 0.15) is 12.5 Å². The van der Waals surface area contributed by atoms with Gasteiger partial charge in [0.1, 0.15) is 4.21 Å². The van der Waals surface area contributed by atoms with Crippen molar-refractivity contribution in [2.24, 2.45) is 0 Å². The molecule has 0 bridgehead atoms. The standard InChI is InChI=1S/C13H14BrNO3S2/c1-13(9-16,10-5-3-2-4-6-10)15-20(17,18)12-8-7-11(14)19-12/h2-8,15-16H,9H2,1H3. The molecule has 2 N–H and O–H groups in total. The molecule has 7 heteroatoms. The number of aliphatic hydroxyl groups is 1. The molecule has 0 radical (unpaired) electrons. The summed E-state index contributed by atoms with van der Waals surface area (Å²) in [5.41, 5.74) is -0.349. The van der Waals surface area contributed by atoms with Gasteiger partial charge >= 0.3 is 0 Å². The molecule has 2 rings (SSSR count). The molecule has 20 heavy (non-hydrogen) atoms. The fraction of sp³-hybridized carbons (Fsp3) is 0.231. The van der Waals surface area contributed by atoms with Gasteiger partial charge in [-0.15, -0.1) is 11.3 Å². The van der Waals surface area contributed by atoms with Gasteiger partial charge in [-0.25, -0.2) is 8.42 Å². The highest BCUT2D eigenvalue weighted by atomic mass is 79.9. The maximum Gasteiger partial charge on any atom is 0.250 e. The molecule has 108 valence electrons. The first-order valence-electron chi connectivity index (χ1n) is 5.83. The topological polar surface area (TPSA) is 66.4 Å². The molecular formula is C13H14BrNO3S2. The second kappa shape index (κ2) is 5.95. The first kappa shape index (κ1) is 15.7. The lowest BCUT2D eigenvalue weighted by atomic mass is 9.94. The molecule has 0 amide bonds. The second-order valence-electron chi connectivity index (χ2n) is 4.52. The number of hydrogen-bond acceptors (Lipinski definition) is 4. The third-order valence-electron chi connectivity index (χ3n) is 2.90. The third kappa shape index (κ3) is 3.29. The van der Waals surface area contributed by atoms with Gasteiger partial charge < -0.3 is 5.11 Å². The summed E-state index contributed by atoms with van der Waals surface area (Å²) in [7, 11) is -3.68. The maximum atomic E-state index is 12.4. The zero-order valence-electron chi connectivity index (χ0n) is 10.7. The van der Waals surface area contributed by atoms with Crippen LogP contribution in [-0.4, -0.2) is 20.1 Å². The van der Waals surface area contributed by atoms with E-state index in [0.29, 0.717) is 5.56 Å². The monoisotopic (exact) mass is 375 g/mol. The van der Waals surface area contributed by atoms with Crippen molar-refractivity contribution in [3.8, 4) is 0 Å². The molecule has 1 atom stereocenters. The SMILES string of the molecule is CC(CO)(NS(=O)(=O)c1ccc(Br)s1)c1ccccc1. The fourth-order valence-corrected chi connectivity index (χ4v) is 5.18. The third-order valence-corrected chi connectivity index (χ3v) is 6.61. The van der Waals surface area contributed by atoms with E-state index >= 15 is 0 Å². The average molecular weight is 376 g/mol. The van der Waals surface area contributed by atoms with Crippen LogP contribution in [0.15, 0.2) is 50.5 Å². The summed E-state index contributed by atoms with van der Waals surface area (Å²) in [6.45, 7) is 1.32. The van der Waals surface area contributed by atoms with Gasteiger partial charge in [0.25, 0.3) is 10.0 Å². The van der Waals surface area contributed by atoms with Crippen molar-refractivity contribution in [1.82, 2.24) is 4.72 Å². The Balaban J connectivity index is 2.35. The van der Waals surface area contributed by atoms with Crippen molar-refractivity contribution in [3.05, 3.63) is 51.8 Å². The van der Waals surface area contributed by atoms with Gasteiger partial charge in [-0.2, -0.15) is 4.72 Å². The Kier molecular flexibility index (Phi) is 4.66. The van der Waals surface area contributed by atoms with Gasteiger partial charge in [0, 0.05) is 0 Å². The van der Waals surface area contributed by atoms with E-state index in [-0.39, 0.29) is 10.8 Å². The Bertz CT molecular complexity index is 685. The number of benzene rings is 1. The highest BCUT2D eigenvalue weighted by molar-refractivity contribution is 9.11. The molecule has 0 fully saturated rings. The minimum Gasteiger partial charge on any atom is -0.394 e. The van der Waals surface area contributed by atoms with Gasteiger partial charge in [-0.3, -0.25) is 0 Å². The van der Waals surface area contributed by atoms with E-state index in [9.17, 15) is 13.5 Å². The Morgan fingerprint density at radius 1 is 1.25 bits per heavy atom.